The van der Waals surface area contributed by atoms with Crippen molar-refractivity contribution in [1.82, 2.24) is 0 Å². The van der Waals surface area contributed by atoms with Crippen LogP contribution in [0, 0.1) is 0 Å². The van der Waals surface area contributed by atoms with Crippen molar-refractivity contribution in [2.45, 2.75) is 75.9 Å². The minimum absolute atomic E-state index is 0.382. The van der Waals surface area contributed by atoms with Crippen molar-refractivity contribution in [3.05, 3.63) is 83.9 Å². The Hall–Kier alpha value is -4.80. The molecule has 0 aliphatic carbocycles. The molecule has 0 aromatic heterocycles. The molecule has 292 valence electrons. The zero-order valence-electron chi connectivity index (χ0n) is 29.0. The summed E-state index contributed by atoms with van der Waals surface area (Å²) in [6.07, 6.45) is -16.8. The number of carbonyl (C=O) groups excluding carboxylic acids is 1. The topological polar surface area (TPSA) is 102 Å². The summed E-state index contributed by atoms with van der Waals surface area (Å²) >= 11 is 0. The monoisotopic (exact) mass is 770 g/mol. The van der Waals surface area contributed by atoms with Crippen molar-refractivity contribution in [2.75, 3.05) is 14.2 Å². The van der Waals surface area contributed by atoms with Gasteiger partial charge in [0.15, 0.2) is 6.10 Å². The molecule has 0 heterocycles. The summed E-state index contributed by atoms with van der Waals surface area (Å²) in [4.78, 5) is 22.9. The third-order valence-electron chi connectivity index (χ3n) is 7.95. The van der Waals surface area contributed by atoms with Gasteiger partial charge < -0.3 is 24.4 Å². The van der Waals surface area contributed by atoms with E-state index < -0.39 is 60.2 Å². The number of methoxy groups -OCH3 is 2. The van der Waals surface area contributed by atoms with Crippen LogP contribution in [0.2, 0.25) is 0 Å². The molecule has 4 rings (SSSR count). The van der Waals surface area contributed by atoms with Gasteiger partial charge in [-0.1, -0.05) is 48.5 Å². The fourth-order valence-corrected chi connectivity index (χ4v) is 4.37. The number of fused-ring (bicyclic) bond motifs is 2. The highest BCUT2D eigenvalue weighted by Crippen LogP contribution is 2.40. The molecule has 4 aromatic carbocycles. The van der Waals surface area contributed by atoms with Crippen molar-refractivity contribution < 1.29 is 77.9 Å². The number of esters is 1. The van der Waals surface area contributed by atoms with Gasteiger partial charge in [0.2, 0.25) is 0 Å². The summed E-state index contributed by atoms with van der Waals surface area (Å²) in [6.45, 7) is 3.97. The highest BCUT2D eigenvalue weighted by atomic mass is 19.4. The van der Waals surface area contributed by atoms with E-state index in [9.17, 15) is 53.5 Å². The lowest BCUT2D eigenvalue weighted by Crippen LogP contribution is -2.47. The average Bonchev–Trinajstić information content (AvgIpc) is 3.09. The zero-order chi connectivity index (χ0) is 40.7. The molecule has 2 N–H and O–H groups in total. The van der Waals surface area contributed by atoms with E-state index in [2.05, 4.69) is 4.74 Å². The minimum Gasteiger partial charge on any atom is -0.497 e. The second kappa shape index (κ2) is 17.4. The zero-order valence-corrected chi connectivity index (χ0v) is 29.0. The van der Waals surface area contributed by atoms with E-state index in [1.165, 1.54) is 14.0 Å². The number of aliphatic hydroxyl groups excluding tert-OH is 1. The fourth-order valence-electron chi connectivity index (χ4n) is 4.37. The highest BCUT2D eigenvalue weighted by Gasteiger charge is 2.63. The predicted octanol–water partition coefficient (Wildman–Crippen LogP) is 9.68. The molecule has 0 aliphatic heterocycles. The van der Waals surface area contributed by atoms with E-state index in [4.69, 9.17) is 19.7 Å². The van der Waals surface area contributed by atoms with Crippen LogP contribution in [0.3, 0.4) is 0 Å². The molecule has 0 saturated heterocycles. The SMILES string of the molecule is CC(O)C(F)(F)C(F)(F)F.COc1ccc2cc([C@H](C)C(=O)O)ccc2c1.COc1ccc2cc([C@H](C)C(=O)OC(C)C(F)(F)C(F)(F)F)ccc2c1. The standard InChI is InChI=1S/C18H17F5O3.C14H14O3.C4H5F5O/c1-10(16(24)26-11(2)17(19,20)18(21,22)23)12-4-5-14-9-15(25-3)7-6-13(14)8-12;1-9(14(15)16)10-3-4-12-8-13(17-2)6-5-11(12)7-10;1-2(10)3(5,6)4(7,8)9/h4-11H,1-3H3;3-9H,1-2H3,(H,15,16);2,10H,1H3/t10-,11?;9-;/m00./s1. The quantitative estimate of drug-likeness (QED) is 0.129. The first-order valence-corrected chi connectivity index (χ1v) is 15.4. The lowest BCUT2D eigenvalue weighted by atomic mass is 9.97. The summed E-state index contributed by atoms with van der Waals surface area (Å²) < 4.78 is 135. The molecule has 0 radical (unpaired) electrons. The van der Waals surface area contributed by atoms with Crippen LogP contribution in [-0.2, 0) is 14.3 Å². The average molecular weight is 771 g/mol. The molecule has 4 aromatic rings. The Kier molecular flexibility index (Phi) is 14.5. The van der Waals surface area contributed by atoms with Crippen LogP contribution in [0.25, 0.3) is 21.5 Å². The number of hydrogen-bond acceptors (Lipinski definition) is 6. The van der Waals surface area contributed by atoms with E-state index in [-0.39, 0.29) is 0 Å². The predicted molar refractivity (Wildman–Crippen MR) is 175 cm³/mol. The number of rotatable bonds is 9. The number of aliphatic carboxylic acids is 1. The smallest absolute Gasteiger partial charge is 0.457 e. The second-order valence-corrected chi connectivity index (χ2v) is 11.7. The van der Waals surface area contributed by atoms with Crippen molar-refractivity contribution in [1.29, 1.82) is 0 Å². The van der Waals surface area contributed by atoms with Gasteiger partial charge >= 0.3 is 36.1 Å². The summed E-state index contributed by atoms with van der Waals surface area (Å²) in [6, 6.07) is 21.6. The van der Waals surface area contributed by atoms with Crippen LogP contribution in [0.15, 0.2) is 72.8 Å². The van der Waals surface area contributed by atoms with Gasteiger partial charge in [-0.2, -0.15) is 43.9 Å². The Morgan fingerprint density at radius 3 is 1.25 bits per heavy atom. The molecule has 53 heavy (non-hydrogen) atoms. The van der Waals surface area contributed by atoms with Crippen LogP contribution in [0.4, 0.5) is 43.9 Å². The Bertz CT molecular complexity index is 1860. The largest absolute Gasteiger partial charge is 0.497 e. The van der Waals surface area contributed by atoms with Crippen molar-refractivity contribution in [3.63, 3.8) is 0 Å². The molecule has 0 bridgehead atoms. The third kappa shape index (κ3) is 11.1. The van der Waals surface area contributed by atoms with Gasteiger partial charge in [-0.15, -0.1) is 0 Å². The molecular weight excluding hydrogens is 734 g/mol. The van der Waals surface area contributed by atoms with E-state index in [0.717, 1.165) is 32.9 Å². The van der Waals surface area contributed by atoms with Gasteiger partial charge in [0.1, 0.15) is 17.6 Å². The first-order valence-electron chi connectivity index (χ1n) is 15.4. The molecule has 4 atom stereocenters. The maximum atomic E-state index is 13.2. The van der Waals surface area contributed by atoms with Crippen molar-refractivity contribution >= 4 is 33.5 Å². The van der Waals surface area contributed by atoms with Crippen LogP contribution < -0.4 is 9.47 Å². The lowest BCUT2D eigenvalue weighted by molar-refractivity contribution is -0.312. The van der Waals surface area contributed by atoms with E-state index in [1.54, 1.807) is 50.4 Å². The number of alkyl halides is 10. The van der Waals surface area contributed by atoms with Gasteiger partial charge in [-0.05, 0) is 84.6 Å². The number of benzene rings is 4. The first kappa shape index (κ1) is 44.4. The Morgan fingerprint density at radius 2 is 0.925 bits per heavy atom. The molecule has 0 amide bonds. The molecule has 0 saturated carbocycles. The number of aliphatic hydroxyl groups is 1. The third-order valence-corrected chi connectivity index (χ3v) is 7.95. The molecule has 2 unspecified atom stereocenters. The molecule has 17 heteroatoms. The fraction of sp³-hybridized carbons (Fsp3) is 0.389. The number of hydrogen-bond donors (Lipinski definition) is 2. The second-order valence-electron chi connectivity index (χ2n) is 11.7. The Morgan fingerprint density at radius 1 is 0.566 bits per heavy atom. The molecular formula is C36H36F10O7. The maximum absolute atomic E-state index is 13.2. The van der Waals surface area contributed by atoms with Gasteiger partial charge in [-0.3, -0.25) is 9.59 Å². The van der Waals surface area contributed by atoms with Crippen LogP contribution in [0.1, 0.15) is 50.7 Å². The summed E-state index contributed by atoms with van der Waals surface area (Å²) in [7, 11) is 3.15. The Labute approximate surface area is 297 Å². The van der Waals surface area contributed by atoms with Gasteiger partial charge in [0, 0.05) is 0 Å². The highest BCUT2D eigenvalue weighted by molar-refractivity contribution is 5.87. The van der Waals surface area contributed by atoms with Crippen molar-refractivity contribution in [2.24, 2.45) is 0 Å². The summed E-state index contributed by atoms with van der Waals surface area (Å²) in [5.74, 6) is -12.1. The number of carbonyl (C=O) groups is 2. The van der Waals surface area contributed by atoms with Crippen LogP contribution in [0.5, 0.6) is 11.5 Å². The first-order chi connectivity index (χ1) is 24.3. The van der Waals surface area contributed by atoms with E-state index >= 15 is 0 Å². The van der Waals surface area contributed by atoms with Gasteiger partial charge in [0.05, 0.1) is 26.1 Å². The normalized spacial score (nSPS) is 14.4. The molecule has 0 fully saturated rings. The number of halogens is 10. The lowest BCUT2D eigenvalue weighted by Gasteiger charge is -2.26. The number of carboxylic acid groups (broad SMARTS) is 1. The van der Waals surface area contributed by atoms with Crippen molar-refractivity contribution in [3.8, 4) is 11.5 Å². The van der Waals surface area contributed by atoms with E-state index in [1.807, 2.05) is 36.4 Å². The maximum Gasteiger partial charge on any atom is 0.457 e. The van der Waals surface area contributed by atoms with E-state index in [0.29, 0.717) is 25.2 Å². The summed E-state index contributed by atoms with van der Waals surface area (Å²) in [5.41, 5.74) is 1.25. The van der Waals surface area contributed by atoms with Crippen LogP contribution in [-0.4, -0.2) is 72.8 Å². The van der Waals surface area contributed by atoms with Gasteiger partial charge in [0.25, 0.3) is 0 Å². The number of ether oxygens (including phenoxy) is 3. The van der Waals surface area contributed by atoms with Gasteiger partial charge in [-0.25, -0.2) is 0 Å². The summed E-state index contributed by atoms with van der Waals surface area (Å²) in [5, 5.41) is 20.6. The Balaban J connectivity index is 0.000000308. The molecule has 7 nitrogen and oxygen atoms in total. The van der Waals surface area contributed by atoms with Crippen LogP contribution >= 0.6 is 0 Å². The number of carboxylic acids is 1. The minimum atomic E-state index is -5.79. The molecule has 0 spiro atoms. The molecule has 0 aliphatic rings.